The van der Waals surface area contributed by atoms with Crippen molar-refractivity contribution < 1.29 is 9.21 Å². The summed E-state index contributed by atoms with van der Waals surface area (Å²) in [5.41, 5.74) is 0. The highest BCUT2D eigenvalue weighted by atomic mass is 32.2. The van der Waals surface area contributed by atoms with Gasteiger partial charge in [-0.3, -0.25) is 4.79 Å². The fraction of sp³-hybridized carbons (Fsp3) is 0.615. The summed E-state index contributed by atoms with van der Waals surface area (Å²) in [7, 11) is 0. The van der Waals surface area contributed by atoms with Crippen molar-refractivity contribution in [3.05, 3.63) is 24.2 Å². The van der Waals surface area contributed by atoms with Crippen LogP contribution in [-0.2, 0) is 10.5 Å². The molecule has 1 N–H and O–H groups in total. The zero-order chi connectivity index (χ0) is 12.1. The summed E-state index contributed by atoms with van der Waals surface area (Å²) >= 11 is 1.62. The molecule has 1 unspecified atom stereocenters. The average Bonchev–Trinajstić information content (AvgIpc) is 2.98. The molecule has 1 atom stereocenters. The minimum absolute atomic E-state index is 0.0132. The molecule has 0 aromatic carbocycles. The highest BCUT2D eigenvalue weighted by Gasteiger charge is 2.20. The third kappa shape index (κ3) is 3.80. The summed E-state index contributed by atoms with van der Waals surface area (Å²) in [6.45, 7) is 1.96. The van der Waals surface area contributed by atoms with E-state index in [1.54, 1.807) is 18.0 Å². The third-order valence-corrected chi connectivity index (χ3v) is 4.29. The van der Waals surface area contributed by atoms with Gasteiger partial charge in [-0.1, -0.05) is 12.8 Å². The van der Waals surface area contributed by atoms with Gasteiger partial charge in [0.15, 0.2) is 0 Å². The largest absolute Gasteiger partial charge is 0.468 e. The molecule has 0 bridgehead atoms. The standard InChI is InChI=1S/C13H19NO2S/c1-10(17-9-12-7-4-8-16-12)13(15)14-11-5-2-3-6-11/h4,7-8,10-11H,2-3,5-6,9H2,1H3,(H,14,15). The van der Waals surface area contributed by atoms with Crippen LogP contribution < -0.4 is 5.32 Å². The number of rotatable bonds is 5. The van der Waals surface area contributed by atoms with Crippen LogP contribution in [0.5, 0.6) is 0 Å². The van der Waals surface area contributed by atoms with Gasteiger partial charge in [-0.15, -0.1) is 11.8 Å². The topological polar surface area (TPSA) is 42.2 Å². The molecule has 1 aliphatic carbocycles. The minimum Gasteiger partial charge on any atom is -0.468 e. The number of amides is 1. The summed E-state index contributed by atoms with van der Waals surface area (Å²) in [5.74, 6) is 1.84. The second-order valence-corrected chi connectivity index (χ2v) is 5.85. The Balaban J connectivity index is 1.71. The van der Waals surface area contributed by atoms with Crippen molar-refractivity contribution in [1.82, 2.24) is 5.32 Å². The summed E-state index contributed by atoms with van der Waals surface area (Å²) in [6.07, 6.45) is 6.44. The van der Waals surface area contributed by atoms with Gasteiger partial charge >= 0.3 is 0 Å². The number of carbonyl (C=O) groups excluding carboxylic acids is 1. The molecule has 94 valence electrons. The van der Waals surface area contributed by atoms with Crippen LogP contribution in [-0.4, -0.2) is 17.2 Å². The van der Waals surface area contributed by atoms with Gasteiger partial charge < -0.3 is 9.73 Å². The molecule has 1 aliphatic rings. The van der Waals surface area contributed by atoms with Crippen LogP contribution in [0.2, 0.25) is 0 Å². The molecule has 0 saturated heterocycles. The highest BCUT2D eigenvalue weighted by Crippen LogP contribution is 2.21. The SMILES string of the molecule is CC(SCc1ccco1)C(=O)NC1CCCC1. The van der Waals surface area contributed by atoms with Crippen molar-refractivity contribution in [3.63, 3.8) is 0 Å². The summed E-state index contributed by atoms with van der Waals surface area (Å²) in [5, 5.41) is 3.11. The molecule has 0 spiro atoms. The molecule has 1 saturated carbocycles. The van der Waals surface area contributed by atoms with Crippen LogP contribution in [0, 0.1) is 0 Å². The minimum atomic E-state index is -0.0132. The number of furan rings is 1. The second kappa shape index (κ2) is 6.15. The zero-order valence-corrected chi connectivity index (χ0v) is 11.0. The lowest BCUT2D eigenvalue weighted by Gasteiger charge is -2.15. The van der Waals surface area contributed by atoms with Crippen LogP contribution in [0.15, 0.2) is 22.8 Å². The maximum atomic E-state index is 11.9. The summed E-state index contributed by atoms with van der Waals surface area (Å²) in [4.78, 5) is 11.9. The van der Waals surface area contributed by atoms with Gasteiger partial charge in [-0.05, 0) is 31.9 Å². The van der Waals surface area contributed by atoms with Crippen molar-refractivity contribution >= 4 is 17.7 Å². The fourth-order valence-electron chi connectivity index (χ4n) is 2.07. The van der Waals surface area contributed by atoms with E-state index in [0.717, 1.165) is 24.4 Å². The van der Waals surface area contributed by atoms with E-state index in [1.165, 1.54) is 12.8 Å². The van der Waals surface area contributed by atoms with E-state index in [1.807, 2.05) is 19.1 Å². The monoisotopic (exact) mass is 253 g/mol. The van der Waals surface area contributed by atoms with Crippen molar-refractivity contribution in [3.8, 4) is 0 Å². The number of thioether (sulfide) groups is 1. The molecule has 3 nitrogen and oxygen atoms in total. The van der Waals surface area contributed by atoms with E-state index in [2.05, 4.69) is 5.32 Å². The molecule has 0 radical (unpaired) electrons. The fourth-order valence-corrected chi connectivity index (χ4v) is 2.86. The predicted molar refractivity (Wildman–Crippen MR) is 69.9 cm³/mol. The Bertz CT molecular complexity index is 344. The number of hydrogen-bond donors (Lipinski definition) is 1. The van der Waals surface area contributed by atoms with E-state index in [9.17, 15) is 4.79 Å². The van der Waals surface area contributed by atoms with Crippen LogP contribution in [0.1, 0.15) is 38.4 Å². The summed E-state index contributed by atoms with van der Waals surface area (Å²) < 4.78 is 5.24. The molecule has 2 rings (SSSR count). The van der Waals surface area contributed by atoms with Gasteiger partial charge in [0.05, 0.1) is 17.3 Å². The molecule has 4 heteroatoms. The Hall–Kier alpha value is -0.900. The number of hydrogen-bond acceptors (Lipinski definition) is 3. The number of nitrogens with one attached hydrogen (secondary N) is 1. The maximum absolute atomic E-state index is 11.9. The van der Waals surface area contributed by atoms with Gasteiger partial charge in [-0.25, -0.2) is 0 Å². The molecule has 1 amide bonds. The van der Waals surface area contributed by atoms with Crippen molar-refractivity contribution in [2.75, 3.05) is 0 Å². The lowest BCUT2D eigenvalue weighted by molar-refractivity contribution is -0.120. The Labute approximate surface area is 106 Å². The van der Waals surface area contributed by atoms with Gasteiger partial charge in [0.1, 0.15) is 5.76 Å². The molecular weight excluding hydrogens is 234 g/mol. The molecule has 1 fully saturated rings. The Morgan fingerprint density at radius 2 is 2.35 bits per heavy atom. The average molecular weight is 253 g/mol. The van der Waals surface area contributed by atoms with Gasteiger partial charge in [0.2, 0.25) is 5.91 Å². The quantitative estimate of drug-likeness (QED) is 0.877. The Morgan fingerprint density at radius 3 is 3.00 bits per heavy atom. The molecule has 17 heavy (non-hydrogen) atoms. The van der Waals surface area contributed by atoms with Crippen LogP contribution >= 0.6 is 11.8 Å². The number of carbonyl (C=O) groups is 1. The van der Waals surface area contributed by atoms with Crippen molar-refractivity contribution in [2.45, 2.75) is 49.7 Å². The van der Waals surface area contributed by atoms with Gasteiger partial charge in [0, 0.05) is 6.04 Å². The lowest BCUT2D eigenvalue weighted by atomic mass is 10.2. The van der Waals surface area contributed by atoms with Gasteiger partial charge in [-0.2, -0.15) is 0 Å². The smallest absolute Gasteiger partial charge is 0.233 e. The first-order valence-corrected chi connectivity index (χ1v) is 7.25. The lowest BCUT2D eigenvalue weighted by Crippen LogP contribution is -2.37. The first kappa shape index (κ1) is 12.6. The third-order valence-electron chi connectivity index (χ3n) is 3.13. The molecule has 1 aromatic rings. The normalized spacial score (nSPS) is 18.2. The van der Waals surface area contributed by atoms with E-state index in [-0.39, 0.29) is 11.2 Å². The molecular formula is C13H19NO2S. The zero-order valence-electron chi connectivity index (χ0n) is 10.1. The summed E-state index contributed by atoms with van der Waals surface area (Å²) in [6, 6.07) is 4.22. The van der Waals surface area contributed by atoms with Gasteiger partial charge in [0.25, 0.3) is 0 Å². The van der Waals surface area contributed by atoms with Crippen LogP contribution in [0.3, 0.4) is 0 Å². The first-order chi connectivity index (χ1) is 8.25. The Morgan fingerprint density at radius 1 is 1.59 bits per heavy atom. The first-order valence-electron chi connectivity index (χ1n) is 6.20. The molecule has 1 heterocycles. The maximum Gasteiger partial charge on any atom is 0.233 e. The van der Waals surface area contributed by atoms with E-state index in [0.29, 0.717) is 6.04 Å². The van der Waals surface area contributed by atoms with Crippen LogP contribution in [0.4, 0.5) is 0 Å². The molecule has 1 aromatic heterocycles. The van der Waals surface area contributed by atoms with Crippen molar-refractivity contribution in [1.29, 1.82) is 0 Å². The predicted octanol–water partition coefficient (Wildman–Crippen LogP) is 2.96. The highest BCUT2D eigenvalue weighted by molar-refractivity contribution is 7.99. The Kier molecular flexibility index (Phi) is 4.54. The van der Waals surface area contributed by atoms with Crippen molar-refractivity contribution in [2.24, 2.45) is 0 Å². The van der Waals surface area contributed by atoms with Crippen LogP contribution in [0.25, 0.3) is 0 Å². The molecule has 0 aliphatic heterocycles. The van der Waals surface area contributed by atoms with E-state index >= 15 is 0 Å². The van der Waals surface area contributed by atoms with E-state index < -0.39 is 0 Å². The van der Waals surface area contributed by atoms with E-state index in [4.69, 9.17) is 4.42 Å². The second-order valence-electron chi connectivity index (χ2n) is 4.52.